The van der Waals surface area contributed by atoms with Gasteiger partial charge in [0.25, 0.3) is 0 Å². The smallest absolute Gasteiger partial charge is 0.225 e. The lowest BCUT2D eigenvalue weighted by atomic mass is 9.97. The quantitative estimate of drug-likeness (QED) is 0.690. The molecule has 0 radical (unpaired) electrons. The normalized spacial score (nSPS) is 16.7. The van der Waals surface area contributed by atoms with Crippen LogP contribution in [-0.4, -0.2) is 23.1 Å². The number of aromatic nitrogens is 2. The summed E-state index contributed by atoms with van der Waals surface area (Å²) in [7, 11) is 0. The van der Waals surface area contributed by atoms with E-state index in [9.17, 15) is 0 Å². The first-order valence-electron chi connectivity index (χ1n) is 5.48. The molecule has 2 heterocycles. The van der Waals surface area contributed by atoms with Crippen molar-refractivity contribution >= 4 is 5.95 Å². The molecule has 0 aliphatic carbocycles. The maximum atomic E-state index is 4.26. The fourth-order valence-corrected chi connectivity index (χ4v) is 1.85. The van der Waals surface area contributed by atoms with Gasteiger partial charge in [0.15, 0.2) is 0 Å². The van der Waals surface area contributed by atoms with E-state index in [1.165, 1.54) is 0 Å². The lowest BCUT2D eigenvalue weighted by Gasteiger charge is -2.27. The number of anilines is 1. The summed E-state index contributed by atoms with van der Waals surface area (Å²) in [4.78, 5) is 10.7. The van der Waals surface area contributed by atoms with Gasteiger partial charge >= 0.3 is 0 Å². The highest BCUT2D eigenvalue weighted by Gasteiger charge is 2.15. The van der Waals surface area contributed by atoms with Crippen LogP contribution in [0.15, 0.2) is 30.1 Å². The molecule has 0 N–H and O–H groups in total. The summed E-state index contributed by atoms with van der Waals surface area (Å²) in [6.07, 6.45) is 7.04. The lowest BCUT2D eigenvalue weighted by Crippen LogP contribution is -2.30. The van der Waals surface area contributed by atoms with Gasteiger partial charge in [-0.2, -0.15) is 0 Å². The van der Waals surface area contributed by atoms with Crippen LogP contribution in [0.3, 0.4) is 0 Å². The SMILES string of the molecule is CC(C)C1=CCN(c2ncccn2)CC1. The van der Waals surface area contributed by atoms with Gasteiger partial charge in [-0.3, -0.25) is 0 Å². The Morgan fingerprint density at radius 3 is 2.53 bits per heavy atom. The maximum absolute atomic E-state index is 4.26. The Labute approximate surface area is 90.9 Å². The van der Waals surface area contributed by atoms with Gasteiger partial charge in [-0.15, -0.1) is 0 Å². The molecule has 0 unspecified atom stereocenters. The van der Waals surface area contributed by atoms with Crippen molar-refractivity contribution in [2.24, 2.45) is 5.92 Å². The second-order valence-electron chi connectivity index (χ2n) is 4.18. The van der Waals surface area contributed by atoms with Gasteiger partial charge in [-0.05, 0) is 18.4 Å². The molecule has 0 bridgehead atoms. The fraction of sp³-hybridized carbons (Fsp3) is 0.500. The van der Waals surface area contributed by atoms with Crippen LogP contribution in [0.25, 0.3) is 0 Å². The summed E-state index contributed by atoms with van der Waals surface area (Å²) < 4.78 is 0. The molecule has 1 aromatic rings. The van der Waals surface area contributed by atoms with Gasteiger partial charge in [-0.1, -0.05) is 25.5 Å². The summed E-state index contributed by atoms with van der Waals surface area (Å²) in [5.74, 6) is 1.51. The average molecular weight is 203 g/mol. The summed E-state index contributed by atoms with van der Waals surface area (Å²) in [5.41, 5.74) is 1.56. The molecule has 80 valence electrons. The van der Waals surface area contributed by atoms with Crippen LogP contribution in [0.2, 0.25) is 0 Å². The van der Waals surface area contributed by atoms with E-state index in [0.717, 1.165) is 25.5 Å². The van der Waals surface area contributed by atoms with Crippen LogP contribution in [0.1, 0.15) is 20.3 Å². The van der Waals surface area contributed by atoms with Crippen LogP contribution in [0.5, 0.6) is 0 Å². The Kier molecular flexibility index (Phi) is 2.99. The highest BCUT2D eigenvalue weighted by atomic mass is 15.2. The fourth-order valence-electron chi connectivity index (χ4n) is 1.85. The van der Waals surface area contributed by atoms with E-state index >= 15 is 0 Å². The van der Waals surface area contributed by atoms with Crippen LogP contribution in [0.4, 0.5) is 5.95 Å². The van der Waals surface area contributed by atoms with Gasteiger partial charge in [-0.25, -0.2) is 9.97 Å². The minimum Gasteiger partial charge on any atom is -0.337 e. The first-order valence-corrected chi connectivity index (χ1v) is 5.48. The standard InChI is InChI=1S/C12H17N3/c1-10(2)11-4-8-15(9-5-11)12-13-6-3-7-14-12/h3-4,6-7,10H,5,8-9H2,1-2H3. The van der Waals surface area contributed by atoms with Gasteiger partial charge in [0.1, 0.15) is 0 Å². The zero-order chi connectivity index (χ0) is 10.7. The second kappa shape index (κ2) is 4.43. The van der Waals surface area contributed by atoms with Crippen molar-refractivity contribution in [3.05, 3.63) is 30.1 Å². The highest BCUT2D eigenvalue weighted by molar-refractivity contribution is 5.33. The topological polar surface area (TPSA) is 29.0 Å². The van der Waals surface area contributed by atoms with E-state index in [1.54, 1.807) is 18.0 Å². The third-order valence-corrected chi connectivity index (χ3v) is 2.82. The third kappa shape index (κ3) is 2.35. The third-order valence-electron chi connectivity index (χ3n) is 2.82. The molecule has 3 nitrogen and oxygen atoms in total. The van der Waals surface area contributed by atoms with E-state index in [-0.39, 0.29) is 0 Å². The average Bonchev–Trinajstić information content (AvgIpc) is 2.30. The monoisotopic (exact) mass is 203 g/mol. The van der Waals surface area contributed by atoms with Crippen molar-refractivity contribution in [2.75, 3.05) is 18.0 Å². The first-order chi connectivity index (χ1) is 7.27. The van der Waals surface area contributed by atoms with Crippen molar-refractivity contribution in [1.29, 1.82) is 0 Å². The highest BCUT2D eigenvalue weighted by Crippen LogP contribution is 2.20. The van der Waals surface area contributed by atoms with E-state index in [4.69, 9.17) is 0 Å². The van der Waals surface area contributed by atoms with Crippen molar-refractivity contribution in [2.45, 2.75) is 20.3 Å². The molecule has 0 saturated heterocycles. The van der Waals surface area contributed by atoms with E-state index in [1.807, 2.05) is 6.07 Å². The van der Waals surface area contributed by atoms with Crippen molar-refractivity contribution < 1.29 is 0 Å². The summed E-state index contributed by atoms with van der Waals surface area (Å²) in [6, 6.07) is 1.85. The van der Waals surface area contributed by atoms with E-state index < -0.39 is 0 Å². The minimum absolute atomic E-state index is 0.670. The summed E-state index contributed by atoms with van der Waals surface area (Å²) >= 11 is 0. The molecule has 0 aromatic carbocycles. The van der Waals surface area contributed by atoms with Gasteiger partial charge in [0.2, 0.25) is 5.95 Å². The second-order valence-corrected chi connectivity index (χ2v) is 4.18. The van der Waals surface area contributed by atoms with Crippen LogP contribution in [0, 0.1) is 5.92 Å². The van der Waals surface area contributed by atoms with Gasteiger partial charge < -0.3 is 4.90 Å². The number of hydrogen-bond acceptors (Lipinski definition) is 3. The number of rotatable bonds is 2. The van der Waals surface area contributed by atoms with Crippen LogP contribution >= 0.6 is 0 Å². The Hall–Kier alpha value is -1.38. The summed E-state index contributed by atoms with van der Waals surface area (Å²) in [6.45, 7) is 6.48. The van der Waals surface area contributed by atoms with Crippen LogP contribution < -0.4 is 4.90 Å². The predicted octanol–water partition coefficient (Wildman–Crippen LogP) is 2.27. The van der Waals surface area contributed by atoms with E-state index in [0.29, 0.717) is 5.92 Å². The zero-order valence-electron chi connectivity index (χ0n) is 9.35. The molecule has 3 heteroatoms. The Bertz CT molecular complexity index is 343. The van der Waals surface area contributed by atoms with E-state index in [2.05, 4.69) is 34.8 Å². The molecular weight excluding hydrogens is 186 g/mol. The molecule has 0 fully saturated rings. The predicted molar refractivity (Wildman–Crippen MR) is 61.8 cm³/mol. The van der Waals surface area contributed by atoms with Gasteiger partial charge in [0.05, 0.1) is 0 Å². The minimum atomic E-state index is 0.670. The van der Waals surface area contributed by atoms with Crippen molar-refractivity contribution in [3.8, 4) is 0 Å². The Morgan fingerprint density at radius 1 is 1.27 bits per heavy atom. The first kappa shape index (κ1) is 10.1. The summed E-state index contributed by atoms with van der Waals surface area (Å²) in [5, 5.41) is 0. The van der Waals surface area contributed by atoms with Crippen molar-refractivity contribution in [3.63, 3.8) is 0 Å². The molecule has 1 aromatic heterocycles. The molecule has 0 amide bonds. The molecule has 2 rings (SSSR count). The molecule has 0 saturated carbocycles. The molecule has 1 aliphatic heterocycles. The lowest BCUT2D eigenvalue weighted by molar-refractivity contribution is 0.659. The zero-order valence-corrected chi connectivity index (χ0v) is 9.35. The largest absolute Gasteiger partial charge is 0.337 e. The molecule has 0 atom stereocenters. The Morgan fingerprint density at radius 2 is 2.00 bits per heavy atom. The number of hydrogen-bond donors (Lipinski definition) is 0. The molecule has 0 spiro atoms. The number of nitrogens with zero attached hydrogens (tertiary/aromatic N) is 3. The molecule has 1 aliphatic rings. The maximum Gasteiger partial charge on any atom is 0.225 e. The molecular formula is C12H17N3. The Balaban J connectivity index is 2.06. The van der Waals surface area contributed by atoms with Gasteiger partial charge in [0, 0.05) is 25.5 Å². The van der Waals surface area contributed by atoms with Crippen molar-refractivity contribution in [1.82, 2.24) is 9.97 Å². The van der Waals surface area contributed by atoms with Crippen LogP contribution in [-0.2, 0) is 0 Å². The molecule has 15 heavy (non-hydrogen) atoms.